The second kappa shape index (κ2) is 5.00. The van der Waals surface area contributed by atoms with Gasteiger partial charge in [-0.2, -0.15) is 0 Å². The summed E-state index contributed by atoms with van der Waals surface area (Å²) in [5.41, 5.74) is 2.10. The van der Waals surface area contributed by atoms with Crippen molar-refractivity contribution in [2.45, 2.75) is 13.0 Å². The number of amides is 1. The molecule has 1 aliphatic rings. The third-order valence-corrected chi connectivity index (χ3v) is 3.87. The molecule has 1 fully saturated rings. The smallest absolute Gasteiger partial charge is 0.232 e. The van der Waals surface area contributed by atoms with E-state index in [-0.39, 0.29) is 17.9 Å². The first-order valence-electron chi connectivity index (χ1n) is 6.74. The lowest BCUT2D eigenvalue weighted by Gasteiger charge is -2.46. The van der Waals surface area contributed by atoms with E-state index in [1.807, 2.05) is 54.3 Å². The molecule has 1 heterocycles. The molecule has 1 amide bonds. The van der Waals surface area contributed by atoms with Crippen molar-refractivity contribution in [3.63, 3.8) is 0 Å². The fraction of sp³-hybridized carbons (Fsp3) is 0.235. The second-order valence-corrected chi connectivity index (χ2v) is 5.05. The number of anilines is 1. The average molecular weight is 267 g/mol. The summed E-state index contributed by atoms with van der Waals surface area (Å²) in [4.78, 5) is 14.1. The third-order valence-electron chi connectivity index (χ3n) is 3.87. The van der Waals surface area contributed by atoms with Crippen molar-refractivity contribution >= 4 is 11.6 Å². The van der Waals surface area contributed by atoms with Gasteiger partial charge in [-0.3, -0.25) is 4.79 Å². The Kier molecular flexibility index (Phi) is 3.18. The second-order valence-electron chi connectivity index (χ2n) is 5.05. The van der Waals surface area contributed by atoms with Crippen LogP contribution in [0.3, 0.4) is 0 Å². The van der Waals surface area contributed by atoms with Gasteiger partial charge in [0.15, 0.2) is 0 Å². The number of ether oxygens (including phenoxy) is 1. The van der Waals surface area contributed by atoms with Crippen molar-refractivity contribution in [3.8, 4) is 5.75 Å². The average Bonchev–Trinajstić information content (AvgIpc) is 2.52. The first kappa shape index (κ1) is 12.7. The van der Waals surface area contributed by atoms with Crippen molar-refractivity contribution in [2.24, 2.45) is 5.92 Å². The molecule has 1 saturated heterocycles. The monoisotopic (exact) mass is 267 g/mol. The lowest BCUT2D eigenvalue weighted by molar-refractivity contribution is -0.129. The van der Waals surface area contributed by atoms with Gasteiger partial charge < -0.3 is 9.64 Å². The predicted molar refractivity (Wildman–Crippen MR) is 78.8 cm³/mol. The molecule has 102 valence electrons. The van der Waals surface area contributed by atoms with Crippen LogP contribution in [-0.2, 0) is 4.79 Å². The van der Waals surface area contributed by atoms with E-state index < -0.39 is 0 Å². The Hall–Kier alpha value is -2.29. The van der Waals surface area contributed by atoms with Crippen LogP contribution >= 0.6 is 0 Å². The van der Waals surface area contributed by atoms with Gasteiger partial charge in [-0.25, -0.2) is 0 Å². The van der Waals surface area contributed by atoms with E-state index in [0.29, 0.717) is 0 Å². The molecule has 0 radical (unpaired) electrons. The van der Waals surface area contributed by atoms with Gasteiger partial charge in [-0.15, -0.1) is 0 Å². The third kappa shape index (κ3) is 1.95. The number of benzene rings is 2. The van der Waals surface area contributed by atoms with Crippen LogP contribution in [0.2, 0.25) is 0 Å². The van der Waals surface area contributed by atoms with E-state index in [4.69, 9.17) is 4.74 Å². The van der Waals surface area contributed by atoms with Gasteiger partial charge >= 0.3 is 0 Å². The predicted octanol–water partition coefficient (Wildman–Crippen LogP) is 3.42. The Morgan fingerprint density at radius 1 is 1.00 bits per heavy atom. The van der Waals surface area contributed by atoms with E-state index in [0.717, 1.165) is 11.4 Å². The maximum absolute atomic E-state index is 12.2. The zero-order valence-electron chi connectivity index (χ0n) is 11.6. The van der Waals surface area contributed by atoms with Gasteiger partial charge in [0.2, 0.25) is 5.91 Å². The summed E-state index contributed by atoms with van der Waals surface area (Å²) in [6.45, 7) is 1.99. The Morgan fingerprint density at radius 3 is 2.25 bits per heavy atom. The highest BCUT2D eigenvalue weighted by molar-refractivity contribution is 6.03. The van der Waals surface area contributed by atoms with E-state index >= 15 is 0 Å². The highest BCUT2D eigenvalue weighted by atomic mass is 16.5. The summed E-state index contributed by atoms with van der Waals surface area (Å²) < 4.78 is 5.16. The molecule has 0 unspecified atom stereocenters. The van der Waals surface area contributed by atoms with E-state index in [2.05, 4.69) is 12.1 Å². The Labute approximate surface area is 118 Å². The summed E-state index contributed by atoms with van der Waals surface area (Å²) >= 11 is 0. The van der Waals surface area contributed by atoms with E-state index in [1.165, 1.54) is 5.56 Å². The quantitative estimate of drug-likeness (QED) is 0.797. The van der Waals surface area contributed by atoms with Crippen LogP contribution in [0.4, 0.5) is 5.69 Å². The minimum Gasteiger partial charge on any atom is -0.497 e. The van der Waals surface area contributed by atoms with Crippen LogP contribution in [0.1, 0.15) is 18.5 Å². The largest absolute Gasteiger partial charge is 0.497 e. The normalized spacial score (nSPS) is 21.5. The Morgan fingerprint density at radius 2 is 1.65 bits per heavy atom. The molecule has 1 aliphatic heterocycles. The molecule has 3 rings (SSSR count). The van der Waals surface area contributed by atoms with Crippen molar-refractivity contribution in [1.82, 2.24) is 0 Å². The van der Waals surface area contributed by atoms with Gasteiger partial charge in [0.05, 0.1) is 19.1 Å². The summed E-state index contributed by atoms with van der Waals surface area (Å²) in [6, 6.07) is 17.9. The van der Waals surface area contributed by atoms with Crippen molar-refractivity contribution < 1.29 is 9.53 Å². The number of nitrogens with zero attached hydrogens (tertiary/aromatic N) is 1. The Bertz CT molecular complexity index is 607. The molecule has 3 heteroatoms. The molecule has 3 nitrogen and oxygen atoms in total. The van der Waals surface area contributed by atoms with Crippen LogP contribution in [0, 0.1) is 5.92 Å². The SMILES string of the molecule is COc1ccc(N2C(=O)[C@H](C)[C@H]2c2ccccc2)cc1. The topological polar surface area (TPSA) is 29.5 Å². The number of β-lactam (4-membered cyclic amide) rings is 1. The molecule has 2 aromatic rings. The molecular weight excluding hydrogens is 250 g/mol. The standard InChI is InChI=1S/C17H17NO2/c1-12-16(13-6-4-3-5-7-13)18(17(12)19)14-8-10-15(20-2)11-9-14/h3-12,16H,1-2H3/t12-,16+/m1/s1. The van der Waals surface area contributed by atoms with Crippen LogP contribution in [0.15, 0.2) is 54.6 Å². The number of hydrogen-bond donors (Lipinski definition) is 0. The Balaban J connectivity index is 1.92. The van der Waals surface area contributed by atoms with Crippen molar-refractivity contribution in [2.75, 3.05) is 12.0 Å². The van der Waals surface area contributed by atoms with Gasteiger partial charge in [-0.1, -0.05) is 37.3 Å². The first-order valence-corrected chi connectivity index (χ1v) is 6.74. The summed E-state index contributed by atoms with van der Waals surface area (Å²) in [5, 5.41) is 0. The molecular formula is C17H17NO2. The summed E-state index contributed by atoms with van der Waals surface area (Å²) in [6.07, 6.45) is 0. The van der Waals surface area contributed by atoms with Crippen LogP contribution in [-0.4, -0.2) is 13.0 Å². The highest BCUT2D eigenvalue weighted by Gasteiger charge is 2.45. The van der Waals surface area contributed by atoms with E-state index in [9.17, 15) is 4.79 Å². The molecule has 0 bridgehead atoms. The van der Waals surface area contributed by atoms with Gasteiger partial charge in [0.1, 0.15) is 5.75 Å². The minimum atomic E-state index is 0.0273. The van der Waals surface area contributed by atoms with Crippen LogP contribution < -0.4 is 9.64 Å². The molecule has 0 spiro atoms. The molecule has 0 aromatic heterocycles. The first-order chi connectivity index (χ1) is 9.72. The lowest BCUT2D eigenvalue weighted by atomic mass is 9.83. The van der Waals surface area contributed by atoms with Crippen LogP contribution in [0.25, 0.3) is 0 Å². The minimum absolute atomic E-state index is 0.0273. The maximum atomic E-state index is 12.2. The molecule has 20 heavy (non-hydrogen) atoms. The van der Waals surface area contributed by atoms with Gasteiger partial charge in [0.25, 0.3) is 0 Å². The maximum Gasteiger partial charge on any atom is 0.232 e. The van der Waals surface area contributed by atoms with E-state index in [1.54, 1.807) is 7.11 Å². The number of methoxy groups -OCH3 is 1. The van der Waals surface area contributed by atoms with Gasteiger partial charge in [0, 0.05) is 5.69 Å². The molecule has 0 aliphatic carbocycles. The number of carbonyl (C=O) groups excluding carboxylic acids is 1. The molecule has 0 saturated carbocycles. The summed E-state index contributed by atoms with van der Waals surface area (Å²) in [5.74, 6) is 0.995. The molecule has 0 N–H and O–H groups in total. The number of rotatable bonds is 3. The molecule has 2 atom stereocenters. The van der Waals surface area contributed by atoms with Crippen molar-refractivity contribution in [1.29, 1.82) is 0 Å². The fourth-order valence-corrected chi connectivity index (χ4v) is 2.75. The van der Waals surface area contributed by atoms with Crippen molar-refractivity contribution in [3.05, 3.63) is 60.2 Å². The zero-order valence-corrected chi connectivity index (χ0v) is 11.6. The van der Waals surface area contributed by atoms with Crippen LogP contribution in [0.5, 0.6) is 5.75 Å². The summed E-state index contributed by atoms with van der Waals surface area (Å²) in [7, 11) is 1.64. The zero-order chi connectivity index (χ0) is 14.1. The highest BCUT2D eigenvalue weighted by Crippen LogP contribution is 2.43. The fourth-order valence-electron chi connectivity index (χ4n) is 2.75. The molecule has 2 aromatic carbocycles. The lowest BCUT2D eigenvalue weighted by Crippen LogP contribution is -2.54. The number of hydrogen-bond acceptors (Lipinski definition) is 2. The van der Waals surface area contributed by atoms with Gasteiger partial charge in [-0.05, 0) is 29.8 Å². The number of carbonyl (C=O) groups is 1.